The van der Waals surface area contributed by atoms with E-state index in [0.717, 1.165) is 12.3 Å². The molecule has 0 fully saturated rings. The number of nitriles is 1. The lowest BCUT2D eigenvalue weighted by Crippen LogP contribution is -2.02. The molecule has 0 aromatic carbocycles. The van der Waals surface area contributed by atoms with Crippen LogP contribution in [0.15, 0.2) is 0 Å². The molecule has 0 radical (unpaired) electrons. The zero-order valence-electron chi connectivity index (χ0n) is 12.4. The summed E-state index contributed by atoms with van der Waals surface area (Å²) in [5, 5.41) is 8.29. The summed E-state index contributed by atoms with van der Waals surface area (Å²) in [5.74, 6) is 0.906. The van der Waals surface area contributed by atoms with Crippen molar-refractivity contribution >= 4 is 0 Å². The van der Waals surface area contributed by atoms with Crippen LogP contribution in [0.4, 0.5) is 0 Å². The van der Waals surface area contributed by atoms with Gasteiger partial charge in [0.15, 0.2) is 0 Å². The second-order valence-corrected chi connectivity index (χ2v) is 5.29. The number of rotatable bonds is 13. The van der Waals surface area contributed by atoms with Crippen LogP contribution in [0, 0.1) is 17.4 Å². The van der Waals surface area contributed by atoms with E-state index in [1.807, 2.05) is 0 Å². The Morgan fingerprint density at radius 3 is 2.06 bits per heavy atom. The molecule has 0 heterocycles. The van der Waals surface area contributed by atoms with Crippen molar-refractivity contribution in [2.24, 2.45) is 5.92 Å². The SMILES string of the molecule is CCCCCCC(CCCC)CCCCOC#N. The summed E-state index contributed by atoms with van der Waals surface area (Å²) in [7, 11) is 0. The van der Waals surface area contributed by atoms with E-state index in [2.05, 4.69) is 13.8 Å². The van der Waals surface area contributed by atoms with Crippen molar-refractivity contribution in [2.45, 2.75) is 84.5 Å². The Kier molecular flexibility index (Phi) is 13.8. The van der Waals surface area contributed by atoms with E-state index < -0.39 is 0 Å². The topological polar surface area (TPSA) is 33.0 Å². The number of ether oxygens (including phenoxy) is 1. The van der Waals surface area contributed by atoms with E-state index in [0.29, 0.717) is 6.61 Å². The van der Waals surface area contributed by atoms with Gasteiger partial charge in [-0.05, 0) is 18.8 Å². The molecule has 0 spiro atoms. The van der Waals surface area contributed by atoms with Crippen molar-refractivity contribution in [3.8, 4) is 6.26 Å². The first-order valence-electron chi connectivity index (χ1n) is 7.86. The molecule has 1 atom stereocenters. The average molecular weight is 253 g/mol. The normalized spacial score (nSPS) is 12.1. The van der Waals surface area contributed by atoms with Crippen molar-refractivity contribution in [1.82, 2.24) is 0 Å². The lowest BCUT2D eigenvalue weighted by Gasteiger charge is -2.16. The number of unbranched alkanes of at least 4 members (excludes halogenated alkanes) is 5. The number of nitrogens with zero attached hydrogens (tertiary/aromatic N) is 1. The molecule has 0 saturated heterocycles. The van der Waals surface area contributed by atoms with Crippen molar-refractivity contribution in [3.63, 3.8) is 0 Å². The maximum atomic E-state index is 8.29. The van der Waals surface area contributed by atoms with Crippen molar-refractivity contribution in [3.05, 3.63) is 0 Å². The van der Waals surface area contributed by atoms with Gasteiger partial charge in [-0.2, -0.15) is 5.26 Å². The predicted octanol–water partition coefficient (Wildman–Crippen LogP) is 5.43. The van der Waals surface area contributed by atoms with E-state index in [1.54, 1.807) is 6.26 Å². The highest BCUT2D eigenvalue weighted by atomic mass is 16.5. The fraction of sp³-hybridized carbons (Fsp3) is 0.938. The summed E-state index contributed by atoms with van der Waals surface area (Å²) in [6.07, 6.45) is 16.3. The molecule has 0 aromatic rings. The van der Waals surface area contributed by atoms with Gasteiger partial charge in [0, 0.05) is 0 Å². The standard InChI is InChI=1S/C16H31NO/c1-3-5-7-8-12-16(11-6-4-2)13-9-10-14-18-15-17/h16H,3-14H2,1-2H3. The maximum absolute atomic E-state index is 8.29. The number of hydrogen-bond acceptors (Lipinski definition) is 2. The minimum absolute atomic E-state index is 0.604. The van der Waals surface area contributed by atoms with Crippen molar-refractivity contribution in [2.75, 3.05) is 6.61 Å². The zero-order chi connectivity index (χ0) is 13.5. The lowest BCUT2D eigenvalue weighted by atomic mass is 9.90. The third-order valence-corrected chi connectivity index (χ3v) is 3.61. The van der Waals surface area contributed by atoms with Crippen LogP contribution in [0.2, 0.25) is 0 Å². The van der Waals surface area contributed by atoms with Gasteiger partial charge in [0.1, 0.15) is 6.61 Å². The van der Waals surface area contributed by atoms with Crippen LogP contribution in [0.3, 0.4) is 0 Å². The van der Waals surface area contributed by atoms with E-state index in [1.165, 1.54) is 64.2 Å². The van der Waals surface area contributed by atoms with Crippen LogP contribution in [0.1, 0.15) is 84.5 Å². The third-order valence-electron chi connectivity index (χ3n) is 3.61. The van der Waals surface area contributed by atoms with Gasteiger partial charge in [-0.3, -0.25) is 0 Å². The van der Waals surface area contributed by atoms with Gasteiger partial charge in [0.05, 0.1) is 0 Å². The molecule has 0 rings (SSSR count). The summed E-state index contributed by atoms with van der Waals surface area (Å²) in [6, 6.07) is 0. The van der Waals surface area contributed by atoms with Gasteiger partial charge in [0.2, 0.25) is 0 Å². The molecular formula is C16H31NO. The zero-order valence-corrected chi connectivity index (χ0v) is 12.4. The molecule has 106 valence electrons. The smallest absolute Gasteiger partial charge is 0.286 e. The fourth-order valence-electron chi connectivity index (χ4n) is 2.44. The molecular weight excluding hydrogens is 222 g/mol. The summed E-state index contributed by atoms with van der Waals surface area (Å²) < 4.78 is 4.72. The minimum Gasteiger partial charge on any atom is -0.428 e. The second kappa shape index (κ2) is 14.4. The summed E-state index contributed by atoms with van der Waals surface area (Å²) >= 11 is 0. The van der Waals surface area contributed by atoms with Gasteiger partial charge in [0.25, 0.3) is 6.26 Å². The molecule has 0 aromatic heterocycles. The van der Waals surface area contributed by atoms with E-state index in [-0.39, 0.29) is 0 Å². The highest BCUT2D eigenvalue weighted by Crippen LogP contribution is 2.22. The van der Waals surface area contributed by atoms with Crippen LogP contribution in [0.25, 0.3) is 0 Å². The predicted molar refractivity (Wildman–Crippen MR) is 77.2 cm³/mol. The van der Waals surface area contributed by atoms with Gasteiger partial charge >= 0.3 is 0 Å². The van der Waals surface area contributed by atoms with Crippen molar-refractivity contribution in [1.29, 1.82) is 5.26 Å². The van der Waals surface area contributed by atoms with E-state index >= 15 is 0 Å². The van der Waals surface area contributed by atoms with Crippen LogP contribution < -0.4 is 0 Å². The highest BCUT2D eigenvalue weighted by molar-refractivity contribution is 4.61. The first kappa shape index (κ1) is 17.3. The van der Waals surface area contributed by atoms with Gasteiger partial charge < -0.3 is 4.74 Å². The molecule has 18 heavy (non-hydrogen) atoms. The molecule has 0 aliphatic carbocycles. The molecule has 0 N–H and O–H groups in total. The lowest BCUT2D eigenvalue weighted by molar-refractivity contribution is 0.253. The van der Waals surface area contributed by atoms with Crippen LogP contribution in [-0.4, -0.2) is 6.61 Å². The molecule has 2 heteroatoms. The summed E-state index contributed by atoms with van der Waals surface area (Å²) in [4.78, 5) is 0. The van der Waals surface area contributed by atoms with Crippen LogP contribution in [-0.2, 0) is 4.74 Å². The Morgan fingerprint density at radius 1 is 0.833 bits per heavy atom. The largest absolute Gasteiger partial charge is 0.428 e. The molecule has 0 amide bonds. The first-order valence-corrected chi connectivity index (χ1v) is 7.86. The van der Waals surface area contributed by atoms with Crippen molar-refractivity contribution < 1.29 is 4.74 Å². The Labute approximate surface area is 114 Å². The van der Waals surface area contributed by atoms with Gasteiger partial charge in [-0.25, -0.2) is 0 Å². The van der Waals surface area contributed by atoms with Gasteiger partial charge in [-0.1, -0.05) is 71.6 Å². The maximum Gasteiger partial charge on any atom is 0.286 e. The summed E-state index contributed by atoms with van der Waals surface area (Å²) in [5.41, 5.74) is 0. The molecule has 0 bridgehead atoms. The Hall–Kier alpha value is -0.710. The molecule has 0 aliphatic heterocycles. The second-order valence-electron chi connectivity index (χ2n) is 5.29. The Bertz CT molecular complexity index is 198. The number of hydrogen-bond donors (Lipinski definition) is 0. The molecule has 0 saturated carbocycles. The third kappa shape index (κ3) is 11.8. The minimum atomic E-state index is 0.604. The fourth-order valence-corrected chi connectivity index (χ4v) is 2.44. The highest BCUT2D eigenvalue weighted by Gasteiger charge is 2.07. The summed E-state index contributed by atoms with van der Waals surface area (Å²) in [6.45, 7) is 5.14. The van der Waals surface area contributed by atoms with E-state index in [4.69, 9.17) is 10.00 Å². The molecule has 1 unspecified atom stereocenters. The average Bonchev–Trinajstić information content (AvgIpc) is 2.39. The van der Waals surface area contributed by atoms with E-state index in [9.17, 15) is 0 Å². The Morgan fingerprint density at radius 2 is 1.44 bits per heavy atom. The van der Waals surface area contributed by atoms with Gasteiger partial charge in [-0.15, -0.1) is 0 Å². The molecule has 2 nitrogen and oxygen atoms in total. The quantitative estimate of drug-likeness (QED) is 0.324. The monoisotopic (exact) mass is 253 g/mol. The first-order chi connectivity index (χ1) is 8.85. The molecule has 0 aliphatic rings. The Balaban J connectivity index is 3.60. The van der Waals surface area contributed by atoms with Crippen LogP contribution >= 0.6 is 0 Å². The van der Waals surface area contributed by atoms with Crippen LogP contribution in [0.5, 0.6) is 0 Å².